The van der Waals surface area contributed by atoms with Crippen LogP contribution in [0.25, 0.3) is 0 Å². The number of methoxy groups -OCH3 is 1. The molecule has 0 heterocycles. The van der Waals surface area contributed by atoms with E-state index < -0.39 is 0 Å². The van der Waals surface area contributed by atoms with Gasteiger partial charge in [0, 0.05) is 14.2 Å². The molecule has 0 aromatic carbocycles. The summed E-state index contributed by atoms with van der Waals surface area (Å²) in [6.45, 7) is 32.9. The molecule has 0 bridgehead atoms. The molecule has 0 N–H and O–H groups in total. The smallest absolute Gasteiger partial charge is 0.0351 e. The summed E-state index contributed by atoms with van der Waals surface area (Å²) in [4.78, 5) is 0. The maximum absolute atomic E-state index is 4.25. The topological polar surface area (TPSA) is 9.23 Å². The Bertz CT molecular complexity index is 312. The van der Waals surface area contributed by atoms with E-state index in [9.17, 15) is 0 Å². The molecule has 1 rings (SSSR count). The quantitative estimate of drug-likeness (QED) is 0.424. The fourth-order valence-corrected chi connectivity index (χ4v) is 3.88. The first-order valence-corrected chi connectivity index (χ1v) is 10.0. The van der Waals surface area contributed by atoms with Crippen molar-refractivity contribution in [3.05, 3.63) is 0 Å². The maximum Gasteiger partial charge on any atom is 0.0351 e. The number of ether oxygens (including phenoxy) is 1. The fraction of sp³-hybridized carbons (Fsp3) is 1.00. The van der Waals surface area contributed by atoms with Crippen molar-refractivity contribution in [3.63, 3.8) is 0 Å². The van der Waals surface area contributed by atoms with Gasteiger partial charge in [0.2, 0.25) is 0 Å². The van der Waals surface area contributed by atoms with E-state index in [4.69, 9.17) is 0 Å². The second kappa shape index (κ2) is 8.32. The molecule has 0 amide bonds. The van der Waals surface area contributed by atoms with Crippen LogP contribution in [0.4, 0.5) is 0 Å². The van der Waals surface area contributed by atoms with E-state index in [1.54, 1.807) is 14.2 Å². The van der Waals surface area contributed by atoms with Gasteiger partial charge in [0.1, 0.15) is 0 Å². The summed E-state index contributed by atoms with van der Waals surface area (Å²) in [5.41, 5.74) is 2.74. The van der Waals surface area contributed by atoms with Gasteiger partial charge in [-0.2, -0.15) is 0 Å². The highest BCUT2D eigenvalue weighted by Crippen LogP contribution is 2.67. The summed E-state index contributed by atoms with van der Waals surface area (Å²) in [5, 5.41) is 0. The van der Waals surface area contributed by atoms with Gasteiger partial charge in [-0.1, -0.05) is 96.9 Å². The van der Waals surface area contributed by atoms with Crippen LogP contribution in [0.3, 0.4) is 0 Å². The van der Waals surface area contributed by atoms with E-state index in [1.165, 1.54) is 12.8 Å². The van der Waals surface area contributed by atoms with Crippen molar-refractivity contribution in [3.8, 4) is 0 Å². The zero-order chi connectivity index (χ0) is 21.1. The Kier molecular flexibility index (Phi) is 9.05. The molecule has 0 spiro atoms. The minimum atomic E-state index is 0.375. The van der Waals surface area contributed by atoms with E-state index in [0.717, 1.165) is 0 Å². The molecular formula is C24H52O. The normalized spacial score (nSPS) is 17.8. The van der Waals surface area contributed by atoms with Crippen molar-refractivity contribution in [2.45, 2.75) is 110 Å². The highest BCUT2D eigenvalue weighted by atomic mass is 16.4. The largest absolute Gasteiger partial charge is 0.388 e. The molecule has 1 saturated carbocycles. The van der Waals surface area contributed by atoms with Crippen molar-refractivity contribution in [1.29, 1.82) is 0 Å². The van der Waals surface area contributed by atoms with E-state index in [1.807, 2.05) is 0 Å². The van der Waals surface area contributed by atoms with Crippen molar-refractivity contribution in [1.82, 2.24) is 0 Å². The third kappa shape index (κ3) is 6.89. The van der Waals surface area contributed by atoms with Gasteiger partial charge in [-0.25, -0.2) is 0 Å². The van der Waals surface area contributed by atoms with Gasteiger partial charge >= 0.3 is 0 Å². The Labute approximate surface area is 161 Å². The van der Waals surface area contributed by atoms with Crippen LogP contribution in [-0.4, -0.2) is 14.2 Å². The molecule has 1 fully saturated rings. The molecule has 0 aromatic rings. The molecule has 25 heavy (non-hydrogen) atoms. The minimum Gasteiger partial charge on any atom is -0.388 e. The monoisotopic (exact) mass is 356 g/mol. The maximum atomic E-state index is 4.25. The van der Waals surface area contributed by atoms with Crippen LogP contribution in [-0.2, 0) is 4.74 Å². The zero-order valence-corrected chi connectivity index (χ0v) is 20.8. The van der Waals surface area contributed by atoms with Gasteiger partial charge in [-0.3, -0.25) is 0 Å². The van der Waals surface area contributed by atoms with Crippen LogP contribution < -0.4 is 0 Å². The highest BCUT2D eigenvalue weighted by molar-refractivity contribution is 5.08. The highest BCUT2D eigenvalue weighted by Gasteiger charge is 2.58. The second-order valence-corrected chi connectivity index (χ2v) is 12.6. The molecule has 0 aromatic heterocycles. The Morgan fingerprint density at radius 2 is 0.720 bits per heavy atom. The van der Waals surface area contributed by atoms with Crippen molar-refractivity contribution in [2.75, 3.05) is 14.2 Å². The van der Waals surface area contributed by atoms with Crippen LogP contribution in [0.1, 0.15) is 110 Å². The lowest BCUT2D eigenvalue weighted by molar-refractivity contribution is 0.00575. The molecule has 0 saturated heterocycles. The zero-order valence-electron chi connectivity index (χ0n) is 20.8. The summed E-state index contributed by atoms with van der Waals surface area (Å²) < 4.78 is 4.25. The van der Waals surface area contributed by atoms with Crippen molar-refractivity contribution < 1.29 is 4.74 Å². The number of hydrogen-bond acceptors (Lipinski definition) is 1. The van der Waals surface area contributed by atoms with Crippen LogP contribution in [0.5, 0.6) is 0 Å². The van der Waals surface area contributed by atoms with Crippen LogP contribution in [0.15, 0.2) is 0 Å². The first-order chi connectivity index (χ1) is 10.6. The Morgan fingerprint density at radius 3 is 0.720 bits per heavy atom. The van der Waals surface area contributed by atoms with E-state index in [0.29, 0.717) is 32.5 Å². The molecule has 0 aliphatic heterocycles. The molecule has 1 aliphatic carbocycles. The van der Waals surface area contributed by atoms with Crippen LogP contribution >= 0.6 is 0 Å². The molecule has 0 atom stereocenters. The number of hydrogen-bond donors (Lipinski definition) is 0. The average molecular weight is 357 g/mol. The molecule has 1 aliphatic rings. The van der Waals surface area contributed by atoms with E-state index in [2.05, 4.69) is 102 Å². The third-order valence-electron chi connectivity index (χ3n) is 7.37. The molecular weight excluding hydrogens is 304 g/mol. The van der Waals surface area contributed by atoms with Gasteiger partial charge in [-0.15, -0.1) is 0 Å². The SMILES string of the molecule is CC(C)(C)C(C)(C)C(C)(C)C.CC(C)(C)C1(C(C)(C)C)CC1.COC. The Balaban J connectivity index is 0. The Morgan fingerprint density at radius 1 is 0.520 bits per heavy atom. The molecule has 1 nitrogen and oxygen atoms in total. The van der Waals surface area contributed by atoms with Gasteiger partial charge in [0.05, 0.1) is 0 Å². The van der Waals surface area contributed by atoms with Crippen molar-refractivity contribution in [2.24, 2.45) is 32.5 Å². The van der Waals surface area contributed by atoms with Gasteiger partial charge in [-0.05, 0) is 45.3 Å². The lowest BCUT2D eigenvalue weighted by Gasteiger charge is -2.49. The predicted octanol–water partition coefficient (Wildman–Crippen LogP) is 8.23. The summed E-state index contributed by atoms with van der Waals surface area (Å²) in [6.07, 6.45) is 2.86. The Hall–Kier alpha value is -0.0400. The van der Waals surface area contributed by atoms with Crippen LogP contribution in [0, 0.1) is 32.5 Å². The van der Waals surface area contributed by atoms with Crippen LogP contribution in [0.2, 0.25) is 0 Å². The molecule has 0 radical (unpaired) electrons. The van der Waals surface area contributed by atoms with Gasteiger partial charge in [0.15, 0.2) is 0 Å². The lowest BCUT2D eigenvalue weighted by Crippen LogP contribution is -2.41. The van der Waals surface area contributed by atoms with E-state index >= 15 is 0 Å². The van der Waals surface area contributed by atoms with E-state index in [-0.39, 0.29) is 0 Å². The summed E-state index contributed by atoms with van der Waals surface area (Å²) in [5.74, 6) is 0. The molecule has 0 unspecified atom stereocenters. The van der Waals surface area contributed by atoms with Gasteiger partial charge in [0.25, 0.3) is 0 Å². The third-order valence-corrected chi connectivity index (χ3v) is 7.37. The minimum absolute atomic E-state index is 0.375. The molecule has 1 heteroatoms. The first kappa shape index (κ1) is 27.2. The number of rotatable bonds is 0. The summed E-state index contributed by atoms with van der Waals surface area (Å²) >= 11 is 0. The predicted molar refractivity (Wildman–Crippen MR) is 116 cm³/mol. The lowest BCUT2D eigenvalue weighted by atomic mass is 9.56. The summed E-state index contributed by atoms with van der Waals surface area (Å²) in [7, 11) is 3.25. The molecule has 154 valence electrons. The summed E-state index contributed by atoms with van der Waals surface area (Å²) in [6, 6.07) is 0. The fourth-order valence-electron chi connectivity index (χ4n) is 3.88. The first-order valence-electron chi connectivity index (χ1n) is 10.0. The van der Waals surface area contributed by atoms with Crippen molar-refractivity contribution >= 4 is 0 Å². The van der Waals surface area contributed by atoms with Gasteiger partial charge < -0.3 is 4.74 Å². The average Bonchev–Trinajstić information content (AvgIpc) is 3.06. The second-order valence-electron chi connectivity index (χ2n) is 12.6. The standard InChI is InChI=1S/C11H22.C11H24.C2H6O/c1-9(2,3)11(7-8-11)10(4,5)6;1-9(2,3)11(7,8)10(4,5)6;1-3-2/h7-8H2,1-6H3;1-8H3;1-2H3.